The molecule has 3 nitrogen and oxygen atoms in total. The van der Waals surface area contributed by atoms with Crippen molar-refractivity contribution in [2.75, 3.05) is 0 Å². The smallest absolute Gasteiger partial charge is 0.0897 e. The molecule has 0 aliphatic rings. The van der Waals surface area contributed by atoms with Crippen molar-refractivity contribution < 1.29 is 0 Å². The van der Waals surface area contributed by atoms with Crippen molar-refractivity contribution in [3.05, 3.63) is 45.7 Å². The van der Waals surface area contributed by atoms with E-state index in [9.17, 15) is 0 Å². The van der Waals surface area contributed by atoms with Crippen LogP contribution < -0.4 is 5.32 Å². The van der Waals surface area contributed by atoms with Crippen LogP contribution in [0, 0.1) is 13.8 Å². The maximum Gasteiger partial charge on any atom is 0.0897 e. The van der Waals surface area contributed by atoms with E-state index in [-0.39, 0.29) is 0 Å². The van der Waals surface area contributed by atoms with Crippen molar-refractivity contribution in [2.45, 2.75) is 26.9 Å². The van der Waals surface area contributed by atoms with Crippen LogP contribution in [0.5, 0.6) is 0 Å². The van der Waals surface area contributed by atoms with Crippen LogP contribution in [0.15, 0.2) is 23.7 Å². The Bertz CT molecular complexity index is 465. The normalized spacial score (nSPS) is 10.6. The molecule has 0 bridgehead atoms. The molecular formula is C12H15N3S. The fraction of sp³-hybridized carbons (Fsp3) is 0.333. The fourth-order valence-electron chi connectivity index (χ4n) is 1.50. The van der Waals surface area contributed by atoms with Crippen molar-refractivity contribution >= 4 is 11.3 Å². The molecule has 1 N–H and O–H groups in total. The third-order valence-corrected chi connectivity index (χ3v) is 3.21. The predicted molar refractivity (Wildman–Crippen MR) is 66.4 cm³/mol. The van der Waals surface area contributed by atoms with Crippen LogP contribution in [0.3, 0.4) is 0 Å². The highest BCUT2D eigenvalue weighted by atomic mass is 32.1. The molecule has 4 heteroatoms. The van der Waals surface area contributed by atoms with Gasteiger partial charge in [-0.05, 0) is 25.5 Å². The summed E-state index contributed by atoms with van der Waals surface area (Å²) in [5, 5.41) is 6.56. The van der Waals surface area contributed by atoms with E-state index in [1.807, 2.05) is 19.2 Å². The highest BCUT2D eigenvalue weighted by Gasteiger charge is 2.00. The Kier molecular flexibility index (Phi) is 3.64. The average molecular weight is 233 g/mol. The van der Waals surface area contributed by atoms with Gasteiger partial charge in [0.25, 0.3) is 0 Å². The number of aryl methyl sites for hydroxylation is 2. The standard InChI is InChI=1S/C12H15N3S/c1-9-4-3-5-14-12(9)7-13-6-11-8-16-10(2)15-11/h3-5,8,13H,6-7H2,1-2H3. The number of nitrogens with zero attached hydrogens (tertiary/aromatic N) is 2. The lowest BCUT2D eigenvalue weighted by Crippen LogP contribution is -2.14. The van der Waals surface area contributed by atoms with Gasteiger partial charge in [-0.15, -0.1) is 11.3 Å². The lowest BCUT2D eigenvalue weighted by atomic mass is 10.2. The van der Waals surface area contributed by atoms with E-state index >= 15 is 0 Å². The highest BCUT2D eigenvalue weighted by molar-refractivity contribution is 7.09. The van der Waals surface area contributed by atoms with Crippen molar-refractivity contribution in [2.24, 2.45) is 0 Å². The maximum atomic E-state index is 4.40. The second-order valence-corrected chi connectivity index (χ2v) is 4.79. The zero-order valence-corrected chi connectivity index (χ0v) is 10.3. The van der Waals surface area contributed by atoms with Crippen LogP contribution in [-0.2, 0) is 13.1 Å². The molecule has 2 aromatic heterocycles. The number of pyridine rings is 1. The number of aromatic nitrogens is 2. The van der Waals surface area contributed by atoms with Crippen LogP contribution >= 0.6 is 11.3 Å². The number of hydrogen-bond acceptors (Lipinski definition) is 4. The van der Waals surface area contributed by atoms with E-state index in [4.69, 9.17) is 0 Å². The minimum absolute atomic E-state index is 0.795. The summed E-state index contributed by atoms with van der Waals surface area (Å²) in [7, 11) is 0. The van der Waals surface area contributed by atoms with Crippen LogP contribution in [0.2, 0.25) is 0 Å². The summed E-state index contributed by atoms with van der Waals surface area (Å²) in [6.07, 6.45) is 1.83. The molecule has 0 unspecified atom stereocenters. The first kappa shape index (κ1) is 11.2. The Labute approximate surface area is 99.6 Å². The molecule has 0 fully saturated rings. The number of nitrogens with one attached hydrogen (secondary N) is 1. The molecule has 2 aromatic rings. The summed E-state index contributed by atoms with van der Waals surface area (Å²) in [5.41, 5.74) is 3.44. The van der Waals surface area contributed by atoms with Crippen molar-refractivity contribution in [3.8, 4) is 0 Å². The van der Waals surface area contributed by atoms with E-state index in [2.05, 4.69) is 33.7 Å². The number of rotatable bonds is 4. The summed E-state index contributed by atoms with van der Waals surface area (Å²) in [6, 6.07) is 4.04. The Morgan fingerprint density at radius 3 is 2.88 bits per heavy atom. The molecule has 0 aliphatic heterocycles. The molecular weight excluding hydrogens is 218 g/mol. The SMILES string of the molecule is Cc1nc(CNCc2ncccc2C)cs1. The monoisotopic (exact) mass is 233 g/mol. The third-order valence-electron chi connectivity index (χ3n) is 2.38. The second kappa shape index (κ2) is 5.18. The molecule has 84 valence electrons. The highest BCUT2D eigenvalue weighted by Crippen LogP contribution is 2.08. The van der Waals surface area contributed by atoms with Gasteiger partial charge in [-0.1, -0.05) is 6.07 Å². The Morgan fingerprint density at radius 2 is 2.19 bits per heavy atom. The first-order chi connectivity index (χ1) is 7.75. The first-order valence-electron chi connectivity index (χ1n) is 5.28. The largest absolute Gasteiger partial charge is 0.305 e. The van der Waals surface area contributed by atoms with Gasteiger partial charge in [0, 0.05) is 24.7 Å². The summed E-state index contributed by atoms with van der Waals surface area (Å²) in [6.45, 7) is 5.71. The molecule has 0 atom stereocenters. The molecule has 0 radical (unpaired) electrons. The van der Waals surface area contributed by atoms with E-state index < -0.39 is 0 Å². The van der Waals surface area contributed by atoms with Gasteiger partial charge in [-0.2, -0.15) is 0 Å². The molecule has 16 heavy (non-hydrogen) atoms. The topological polar surface area (TPSA) is 37.8 Å². The minimum Gasteiger partial charge on any atom is -0.305 e. The van der Waals surface area contributed by atoms with Gasteiger partial charge >= 0.3 is 0 Å². The van der Waals surface area contributed by atoms with Crippen LogP contribution in [-0.4, -0.2) is 9.97 Å². The van der Waals surface area contributed by atoms with Crippen LogP contribution in [0.25, 0.3) is 0 Å². The average Bonchev–Trinajstić information content (AvgIpc) is 2.67. The first-order valence-corrected chi connectivity index (χ1v) is 6.16. The van der Waals surface area contributed by atoms with E-state index in [1.165, 1.54) is 5.56 Å². The van der Waals surface area contributed by atoms with E-state index in [0.717, 1.165) is 29.5 Å². The van der Waals surface area contributed by atoms with Crippen molar-refractivity contribution in [1.82, 2.24) is 15.3 Å². The van der Waals surface area contributed by atoms with Gasteiger partial charge in [-0.25, -0.2) is 4.98 Å². The summed E-state index contributed by atoms with van der Waals surface area (Å²) < 4.78 is 0. The minimum atomic E-state index is 0.795. The lowest BCUT2D eigenvalue weighted by Gasteiger charge is -2.04. The molecule has 0 amide bonds. The van der Waals surface area contributed by atoms with Gasteiger partial charge in [0.1, 0.15) is 0 Å². The molecule has 0 aromatic carbocycles. The molecule has 2 rings (SSSR count). The summed E-state index contributed by atoms with van der Waals surface area (Å²) >= 11 is 1.69. The van der Waals surface area contributed by atoms with Crippen LogP contribution in [0.4, 0.5) is 0 Å². The quantitative estimate of drug-likeness (QED) is 0.881. The van der Waals surface area contributed by atoms with Gasteiger partial charge in [0.05, 0.1) is 16.4 Å². The third kappa shape index (κ3) is 2.87. The maximum absolute atomic E-state index is 4.40. The molecule has 0 spiro atoms. The second-order valence-electron chi connectivity index (χ2n) is 3.73. The molecule has 0 saturated heterocycles. The summed E-state index contributed by atoms with van der Waals surface area (Å²) in [5.74, 6) is 0. The Hall–Kier alpha value is -1.26. The zero-order valence-electron chi connectivity index (χ0n) is 9.53. The van der Waals surface area contributed by atoms with Crippen LogP contribution in [0.1, 0.15) is 22.0 Å². The lowest BCUT2D eigenvalue weighted by molar-refractivity contribution is 0.666. The van der Waals surface area contributed by atoms with E-state index in [1.54, 1.807) is 11.3 Å². The van der Waals surface area contributed by atoms with Crippen molar-refractivity contribution in [1.29, 1.82) is 0 Å². The predicted octanol–water partition coefficient (Wildman–Crippen LogP) is 2.44. The molecule has 0 saturated carbocycles. The van der Waals surface area contributed by atoms with Gasteiger partial charge < -0.3 is 5.32 Å². The van der Waals surface area contributed by atoms with Gasteiger partial charge in [0.15, 0.2) is 0 Å². The van der Waals surface area contributed by atoms with Gasteiger partial charge in [-0.3, -0.25) is 4.98 Å². The zero-order chi connectivity index (χ0) is 11.4. The van der Waals surface area contributed by atoms with Crippen molar-refractivity contribution in [3.63, 3.8) is 0 Å². The summed E-state index contributed by atoms with van der Waals surface area (Å²) in [4.78, 5) is 8.73. The Morgan fingerprint density at radius 1 is 1.31 bits per heavy atom. The Balaban J connectivity index is 1.87. The molecule has 0 aliphatic carbocycles. The van der Waals surface area contributed by atoms with E-state index in [0.29, 0.717) is 0 Å². The number of hydrogen-bond donors (Lipinski definition) is 1. The van der Waals surface area contributed by atoms with Gasteiger partial charge in [0.2, 0.25) is 0 Å². The molecule has 2 heterocycles. The number of thiazole rings is 1. The fourth-order valence-corrected chi connectivity index (χ4v) is 2.11.